The van der Waals surface area contributed by atoms with Crippen LogP contribution in [0.4, 0.5) is 8.78 Å². The van der Waals surface area contributed by atoms with Crippen LogP contribution in [0.25, 0.3) is 0 Å². The number of fused-ring (bicyclic) bond motifs is 1. The number of carbonyl (C=O) groups is 2. The van der Waals surface area contributed by atoms with Crippen molar-refractivity contribution in [3.63, 3.8) is 0 Å². The third-order valence-corrected chi connectivity index (χ3v) is 6.02. The molecule has 10 heteroatoms. The summed E-state index contributed by atoms with van der Waals surface area (Å²) in [5.74, 6) is -1.93. The van der Waals surface area contributed by atoms with Crippen molar-refractivity contribution < 1.29 is 27.8 Å². The molecule has 3 aromatic rings. The van der Waals surface area contributed by atoms with Crippen molar-refractivity contribution >= 4 is 11.8 Å². The maximum Gasteiger partial charge on any atom is 0.257 e. The number of benzene rings is 2. The smallest absolute Gasteiger partial charge is 0.257 e. The van der Waals surface area contributed by atoms with E-state index in [1.807, 2.05) is 12.1 Å². The third-order valence-electron chi connectivity index (χ3n) is 6.02. The van der Waals surface area contributed by atoms with Crippen molar-refractivity contribution in [2.45, 2.75) is 19.5 Å². The molecule has 188 valence electrons. The Morgan fingerprint density at radius 2 is 1.72 bits per heavy atom. The first kappa shape index (κ1) is 24.9. The van der Waals surface area contributed by atoms with Gasteiger partial charge in [-0.2, -0.15) is 0 Å². The van der Waals surface area contributed by atoms with E-state index in [1.54, 1.807) is 19.2 Å². The molecule has 0 fully saturated rings. The van der Waals surface area contributed by atoms with E-state index in [4.69, 9.17) is 9.47 Å². The van der Waals surface area contributed by atoms with Crippen LogP contribution >= 0.6 is 0 Å². The molecule has 0 aliphatic carbocycles. The molecule has 0 atom stereocenters. The average molecular weight is 497 g/mol. The molecule has 1 aliphatic heterocycles. The van der Waals surface area contributed by atoms with E-state index < -0.39 is 23.4 Å². The minimum absolute atomic E-state index is 0.109. The number of ether oxygens (including phenoxy) is 2. The number of nitrogens with one attached hydrogen (secondary N) is 1. The second-order valence-electron chi connectivity index (χ2n) is 8.26. The number of carbonyl (C=O) groups excluding carboxylic acids is 2. The van der Waals surface area contributed by atoms with Crippen molar-refractivity contribution in [2.75, 3.05) is 27.3 Å². The van der Waals surface area contributed by atoms with Gasteiger partial charge >= 0.3 is 0 Å². The SMILES string of the molecule is COc1cccc(CNC(=O)c2c(OC)cc(=O)n3c2CCN(C(=O)c2cc(F)cc(F)c2)CC3)c1. The normalized spacial score (nSPS) is 12.9. The molecule has 4 rings (SSSR count). The summed E-state index contributed by atoms with van der Waals surface area (Å²) in [5, 5.41) is 2.85. The molecule has 1 N–H and O–H groups in total. The van der Waals surface area contributed by atoms with Crippen LogP contribution in [-0.2, 0) is 19.5 Å². The number of nitrogens with zero attached hydrogens (tertiary/aromatic N) is 2. The van der Waals surface area contributed by atoms with Crippen molar-refractivity contribution in [1.29, 1.82) is 0 Å². The van der Waals surface area contributed by atoms with E-state index in [0.29, 0.717) is 17.5 Å². The molecule has 36 heavy (non-hydrogen) atoms. The lowest BCUT2D eigenvalue weighted by Gasteiger charge is -2.20. The van der Waals surface area contributed by atoms with Gasteiger partial charge in [-0.1, -0.05) is 12.1 Å². The monoisotopic (exact) mass is 497 g/mol. The van der Waals surface area contributed by atoms with Gasteiger partial charge in [-0.05, 0) is 29.8 Å². The van der Waals surface area contributed by atoms with E-state index in [-0.39, 0.29) is 55.0 Å². The number of halogens is 2. The maximum atomic E-state index is 13.6. The zero-order chi connectivity index (χ0) is 25.8. The second kappa shape index (κ2) is 10.6. The van der Waals surface area contributed by atoms with Crippen LogP contribution in [0.5, 0.6) is 11.5 Å². The van der Waals surface area contributed by atoms with Gasteiger partial charge in [0.15, 0.2) is 0 Å². The molecule has 2 aromatic carbocycles. The second-order valence-corrected chi connectivity index (χ2v) is 8.26. The molecule has 0 bridgehead atoms. The van der Waals surface area contributed by atoms with Gasteiger partial charge < -0.3 is 24.3 Å². The summed E-state index contributed by atoms with van der Waals surface area (Å²) in [4.78, 5) is 40.4. The van der Waals surface area contributed by atoms with E-state index in [2.05, 4.69) is 5.32 Å². The van der Waals surface area contributed by atoms with Crippen LogP contribution in [-0.4, -0.2) is 48.6 Å². The summed E-state index contributed by atoms with van der Waals surface area (Å²) in [7, 11) is 2.92. The van der Waals surface area contributed by atoms with Crippen LogP contribution in [0.15, 0.2) is 53.3 Å². The van der Waals surface area contributed by atoms with Crippen LogP contribution in [0, 0.1) is 11.6 Å². The molecule has 2 amide bonds. The Balaban J connectivity index is 1.60. The number of methoxy groups -OCH3 is 2. The molecule has 0 spiro atoms. The molecule has 1 aliphatic rings. The minimum Gasteiger partial charge on any atom is -0.497 e. The summed E-state index contributed by atoms with van der Waals surface area (Å²) in [6, 6.07) is 11.1. The summed E-state index contributed by atoms with van der Waals surface area (Å²) >= 11 is 0. The maximum absolute atomic E-state index is 13.6. The predicted octanol–water partition coefficient (Wildman–Crippen LogP) is 2.77. The highest BCUT2D eigenvalue weighted by molar-refractivity contribution is 5.98. The Bertz CT molecular complexity index is 1350. The molecule has 0 saturated carbocycles. The third kappa shape index (κ3) is 5.22. The summed E-state index contributed by atoms with van der Waals surface area (Å²) in [6.07, 6.45) is 0.165. The highest BCUT2D eigenvalue weighted by Crippen LogP contribution is 2.24. The number of amides is 2. The summed E-state index contributed by atoms with van der Waals surface area (Å²) in [5.41, 5.74) is 0.936. The average Bonchev–Trinajstić information content (AvgIpc) is 3.10. The minimum atomic E-state index is -0.854. The van der Waals surface area contributed by atoms with Gasteiger partial charge in [-0.3, -0.25) is 14.4 Å². The number of aromatic nitrogens is 1. The Morgan fingerprint density at radius 3 is 2.42 bits per heavy atom. The number of rotatable bonds is 6. The topological polar surface area (TPSA) is 89.9 Å². The van der Waals surface area contributed by atoms with E-state index in [1.165, 1.54) is 22.6 Å². The Hall–Kier alpha value is -4.21. The van der Waals surface area contributed by atoms with Crippen LogP contribution in [0.2, 0.25) is 0 Å². The molecule has 0 unspecified atom stereocenters. The van der Waals surface area contributed by atoms with Crippen LogP contribution < -0.4 is 20.3 Å². The van der Waals surface area contributed by atoms with E-state index in [9.17, 15) is 23.2 Å². The number of hydrogen-bond donors (Lipinski definition) is 1. The van der Waals surface area contributed by atoms with Crippen LogP contribution in [0.1, 0.15) is 32.0 Å². The zero-order valence-corrected chi connectivity index (χ0v) is 19.8. The highest BCUT2D eigenvalue weighted by atomic mass is 19.1. The Kier molecular flexibility index (Phi) is 7.33. The van der Waals surface area contributed by atoms with E-state index in [0.717, 1.165) is 17.7 Å². The highest BCUT2D eigenvalue weighted by Gasteiger charge is 2.27. The van der Waals surface area contributed by atoms with Gasteiger partial charge in [0, 0.05) is 56.0 Å². The van der Waals surface area contributed by atoms with Crippen LogP contribution in [0.3, 0.4) is 0 Å². The van der Waals surface area contributed by atoms with Gasteiger partial charge in [-0.15, -0.1) is 0 Å². The van der Waals surface area contributed by atoms with Gasteiger partial charge in [0.1, 0.15) is 28.7 Å². The van der Waals surface area contributed by atoms with Crippen molar-refractivity contribution in [3.8, 4) is 11.5 Å². The number of hydrogen-bond acceptors (Lipinski definition) is 5. The van der Waals surface area contributed by atoms with E-state index >= 15 is 0 Å². The zero-order valence-electron chi connectivity index (χ0n) is 19.8. The first-order valence-corrected chi connectivity index (χ1v) is 11.3. The molecular formula is C26H25F2N3O5. The molecule has 8 nitrogen and oxygen atoms in total. The van der Waals surface area contributed by atoms with Gasteiger partial charge in [0.25, 0.3) is 17.4 Å². The van der Waals surface area contributed by atoms with Crippen molar-refractivity contribution in [1.82, 2.24) is 14.8 Å². The molecule has 2 heterocycles. The van der Waals surface area contributed by atoms with Crippen molar-refractivity contribution in [2.24, 2.45) is 0 Å². The largest absolute Gasteiger partial charge is 0.497 e. The fourth-order valence-corrected chi connectivity index (χ4v) is 4.27. The molecule has 1 aromatic heterocycles. The Morgan fingerprint density at radius 1 is 0.972 bits per heavy atom. The lowest BCUT2D eigenvalue weighted by molar-refractivity contribution is 0.0758. The van der Waals surface area contributed by atoms with Gasteiger partial charge in [0.05, 0.1) is 14.2 Å². The van der Waals surface area contributed by atoms with Gasteiger partial charge in [-0.25, -0.2) is 8.78 Å². The number of pyridine rings is 1. The van der Waals surface area contributed by atoms with Crippen molar-refractivity contribution in [3.05, 3.63) is 92.9 Å². The standard InChI is InChI=1S/C26H25F2N3O5/c1-35-20-5-3-4-16(10-20)15-29-25(33)24-21-6-7-30(8-9-31(21)23(32)14-22(24)36-2)26(34)17-11-18(27)13-19(28)12-17/h3-5,10-14H,6-9,15H2,1-2H3,(H,29,33). The molecular weight excluding hydrogens is 472 g/mol. The predicted molar refractivity (Wildman–Crippen MR) is 127 cm³/mol. The fraction of sp³-hybridized carbons (Fsp3) is 0.269. The molecule has 0 saturated heterocycles. The summed E-state index contributed by atoms with van der Waals surface area (Å²) < 4.78 is 39.3. The lowest BCUT2D eigenvalue weighted by atomic mass is 10.1. The first-order valence-electron chi connectivity index (χ1n) is 11.3. The lowest BCUT2D eigenvalue weighted by Crippen LogP contribution is -2.34. The van der Waals surface area contributed by atoms with Gasteiger partial charge in [0.2, 0.25) is 0 Å². The summed E-state index contributed by atoms with van der Waals surface area (Å²) in [6.45, 7) is 0.589. The quantitative estimate of drug-likeness (QED) is 0.566. The fourth-order valence-electron chi connectivity index (χ4n) is 4.27. The Labute approximate surface area is 206 Å². The molecule has 0 radical (unpaired) electrons. The first-order chi connectivity index (χ1) is 17.3.